The summed E-state index contributed by atoms with van der Waals surface area (Å²) in [7, 11) is 0. The molecule has 0 heterocycles. The van der Waals surface area contributed by atoms with Crippen molar-refractivity contribution >= 4 is 0 Å². The smallest absolute Gasteiger partial charge is 0.119 e. The van der Waals surface area contributed by atoms with Crippen LogP contribution in [-0.2, 0) is 0 Å². The Labute approximate surface area is 104 Å². The van der Waals surface area contributed by atoms with Gasteiger partial charge in [0, 0.05) is 0 Å². The van der Waals surface area contributed by atoms with E-state index in [1.54, 1.807) is 6.08 Å². The van der Waals surface area contributed by atoms with Gasteiger partial charge in [-0.25, -0.2) is 0 Å². The third-order valence-electron chi connectivity index (χ3n) is 2.63. The van der Waals surface area contributed by atoms with Gasteiger partial charge in [-0.2, -0.15) is 0 Å². The molecule has 1 N–H and O–H groups in total. The standard InChI is InChI=1S/C15H22O2/c1-2-9-14(16)10-5-4-8-13-17-15-11-6-3-7-12-15/h2-3,6-7,11-12,14,16H,1,4-5,8-10,13H2. The minimum absolute atomic E-state index is 0.220. The molecule has 94 valence electrons. The number of benzene rings is 1. The fourth-order valence-electron chi connectivity index (χ4n) is 1.68. The molecule has 1 aromatic rings. The Hall–Kier alpha value is -1.28. The molecule has 0 aliphatic carbocycles. The molecule has 2 heteroatoms. The number of hydrogen-bond acceptors (Lipinski definition) is 2. The third kappa shape index (κ3) is 6.80. The zero-order valence-corrected chi connectivity index (χ0v) is 10.3. The van der Waals surface area contributed by atoms with E-state index in [0.717, 1.165) is 38.0 Å². The Kier molecular flexibility index (Phi) is 7.15. The summed E-state index contributed by atoms with van der Waals surface area (Å²) in [4.78, 5) is 0. The second-order valence-corrected chi connectivity index (χ2v) is 4.19. The van der Waals surface area contributed by atoms with Crippen LogP contribution in [0.4, 0.5) is 0 Å². The predicted molar refractivity (Wildman–Crippen MR) is 71.2 cm³/mol. The lowest BCUT2D eigenvalue weighted by atomic mass is 10.1. The second kappa shape index (κ2) is 8.82. The highest BCUT2D eigenvalue weighted by molar-refractivity contribution is 5.20. The summed E-state index contributed by atoms with van der Waals surface area (Å²) in [6.45, 7) is 4.36. The van der Waals surface area contributed by atoms with Crippen LogP contribution >= 0.6 is 0 Å². The molecule has 0 amide bonds. The van der Waals surface area contributed by atoms with Gasteiger partial charge in [0.2, 0.25) is 0 Å². The second-order valence-electron chi connectivity index (χ2n) is 4.19. The van der Waals surface area contributed by atoms with Crippen molar-refractivity contribution in [1.29, 1.82) is 0 Å². The summed E-state index contributed by atoms with van der Waals surface area (Å²) in [6.07, 6.45) is 6.29. The van der Waals surface area contributed by atoms with Gasteiger partial charge in [-0.05, 0) is 37.8 Å². The summed E-state index contributed by atoms with van der Waals surface area (Å²) in [5, 5.41) is 9.48. The van der Waals surface area contributed by atoms with Crippen molar-refractivity contribution in [2.24, 2.45) is 0 Å². The first-order chi connectivity index (χ1) is 8.33. The number of para-hydroxylation sites is 1. The molecule has 0 aliphatic heterocycles. The number of rotatable bonds is 9. The fourth-order valence-corrected chi connectivity index (χ4v) is 1.68. The van der Waals surface area contributed by atoms with Crippen molar-refractivity contribution in [1.82, 2.24) is 0 Å². The Bertz CT molecular complexity index is 295. The molecule has 0 saturated heterocycles. The van der Waals surface area contributed by atoms with E-state index in [1.807, 2.05) is 30.3 Å². The average Bonchev–Trinajstić information content (AvgIpc) is 2.35. The molecular formula is C15H22O2. The third-order valence-corrected chi connectivity index (χ3v) is 2.63. The van der Waals surface area contributed by atoms with Crippen LogP contribution in [0.5, 0.6) is 5.75 Å². The molecule has 2 nitrogen and oxygen atoms in total. The van der Waals surface area contributed by atoms with Gasteiger partial charge in [0.05, 0.1) is 12.7 Å². The van der Waals surface area contributed by atoms with Gasteiger partial charge in [-0.15, -0.1) is 6.58 Å². The number of aliphatic hydroxyl groups excluding tert-OH is 1. The van der Waals surface area contributed by atoms with Gasteiger partial charge in [0.15, 0.2) is 0 Å². The number of hydrogen-bond donors (Lipinski definition) is 1. The summed E-state index contributed by atoms with van der Waals surface area (Å²) in [5.41, 5.74) is 0. The minimum Gasteiger partial charge on any atom is -0.494 e. The van der Waals surface area contributed by atoms with E-state index in [4.69, 9.17) is 4.74 Å². The van der Waals surface area contributed by atoms with Crippen molar-refractivity contribution < 1.29 is 9.84 Å². The molecular weight excluding hydrogens is 212 g/mol. The largest absolute Gasteiger partial charge is 0.494 e. The minimum atomic E-state index is -0.220. The van der Waals surface area contributed by atoms with Crippen molar-refractivity contribution in [3.63, 3.8) is 0 Å². The SMILES string of the molecule is C=CCC(O)CCCCCOc1ccccc1. The monoisotopic (exact) mass is 234 g/mol. The Morgan fingerprint density at radius 2 is 1.94 bits per heavy atom. The highest BCUT2D eigenvalue weighted by Crippen LogP contribution is 2.10. The van der Waals surface area contributed by atoms with E-state index in [9.17, 15) is 5.11 Å². The molecule has 1 unspecified atom stereocenters. The molecule has 0 fully saturated rings. The van der Waals surface area contributed by atoms with Crippen molar-refractivity contribution in [2.75, 3.05) is 6.61 Å². The molecule has 0 aliphatic rings. The number of aliphatic hydroxyl groups is 1. The fraction of sp³-hybridized carbons (Fsp3) is 0.467. The molecule has 17 heavy (non-hydrogen) atoms. The van der Waals surface area contributed by atoms with Crippen LogP contribution in [0.15, 0.2) is 43.0 Å². The van der Waals surface area contributed by atoms with E-state index in [0.29, 0.717) is 6.42 Å². The Morgan fingerprint density at radius 3 is 2.65 bits per heavy atom. The van der Waals surface area contributed by atoms with Crippen LogP contribution in [0, 0.1) is 0 Å². The molecule has 0 bridgehead atoms. The zero-order valence-electron chi connectivity index (χ0n) is 10.3. The molecule has 1 aromatic carbocycles. The molecule has 0 radical (unpaired) electrons. The lowest BCUT2D eigenvalue weighted by Crippen LogP contribution is -2.04. The van der Waals surface area contributed by atoms with Crippen LogP contribution in [0.1, 0.15) is 32.1 Å². The molecule has 0 spiro atoms. The van der Waals surface area contributed by atoms with Crippen LogP contribution < -0.4 is 4.74 Å². The lowest BCUT2D eigenvalue weighted by Gasteiger charge is -2.08. The summed E-state index contributed by atoms with van der Waals surface area (Å²) in [6, 6.07) is 9.86. The Balaban J connectivity index is 1.96. The normalized spacial score (nSPS) is 12.1. The van der Waals surface area contributed by atoms with E-state index >= 15 is 0 Å². The van der Waals surface area contributed by atoms with Gasteiger partial charge in [0.25, 0.3) is 0 Å². The predicted octanol–water partition coefficient (Wildman–Crippen LogP) is 3.56. The summed E-state index contributed by atoms with van der Waals surface area (Å²) in [5.74, 6) is 0.930. The molecule has 1 rings (SSSR count). The molecule has 0 saturated carbocycles. The Morgan fingerprint density at radius 1 is 1.18 bits per heavy atom. The maximum absolute atomic E-state index is 9.48. The lowest BCUT2D eigenvalue weighted by molar-refractivity contribution is 0.163. The van der Waals surface area contributed by atoms with Crippen molar-refractivity contribution in [3.05, 3.63) is 43.0 Å². The van der Waals surface area contributed by atoms with Crippen LogP contribution in [-0.4, -0.2) is 17.8 Å². The maximum atomic E-state index is 9.48. The van der Waals surface area contributed by atoms with Gasteiger partial charge in [-0.1, -0.05) is 30.7 Å². The van der Waals surface area contributed by atoms with Gasteiger partial charge in [-0.3, -0.25) is 0 Å². The van der Waals surface area contributed by atoms with Gasteiger partial charge >= 0.3 is 0 Å². The molecule has 0 aromatic heterocycles. The van der Waals surface area contributed by atoms with Crippen molar-refractivity contribution in [3.8, 4) is 5.75 Å². The number of unbranched alkanes of at least 4 members (excludes halogenated alkanes) is 2. The maximum Gasteiger partial charge on any atom is 0.119 e. The topological polar surface area (TPSA) is 29.5 Å². The van der Waals surface area contributed by atoms with Crippen LogP contribution in [0.2, 0.25) is 0 Å². The van der Waals surface area contributed by atoms with Crippen LogP contribution in [0.3, 0.4) is 0 Å². The number of ether oxygens (including phenoxy) is 1. The van der Waals surface area contributed by atoms with Crippen LogP contribution in [0.25, 0.3) is 0 Å². The molecule has 1 atom stereocenters. The first-order valence-corrected chi connectivity index (χ1v) is 6.29. The summed E-state index contributed by atoms with van der Waals surface area (Å²) < 4.78 is 5.58. The highest BCUT2D eigenvalue weighted by atomic mass is 16.5. The van der Waals surface area contributed by atoms with E-state index < -0.39 is 0 Å². The highest BCUT2D eigenvalue weighted by Gasteiger charge is 2.00. The quantitative estimate of drug-likeness (QED) is 0.523. The van der Waals surface area contributed by atoms with Gasteiger partial charge < -0.3 is 9.84 Å². The zero-order chi connectivity index (χ0) is 12.3. The van der Waals surface area contributed by atoms with E-state index in [1.165, 1.54) is 0 Å². The first kappa shape index (κ1) is 13.8. The van der Waals surface area contributed by atoms with E-state index in [-0.39, 0.29) is 6.10 Å². The summed E-state index contributed by atoms with van der Waals surface area (Å²) >= 11 is 0. The van der Waals surface area contributed by atoms with Crippen molar-refractivity contribution in [2.45, 2.75) is 38.2 Å². The average molecular weight is 234 g/mol. The first-order valence-electron chi connectivity index (χ1n) is 6.29. The van der Waals surface area contributed by atoms with Gasteiger partial charge in [0.1, 0.15) is 5.75 Å². The van der Waals surface area contributed by atoms with E-state index in [2.05, 4.69) is 6.58 Å².